The van der Waals surface area contributed by atoms with Crippen LogP contribution < -0.4 is 5.32 Å². The molecular formula is C10H17F2NS. The van der Waals surface area contributed by atoms with Gasteiger partial charge in [-0.15, -0.1) is 0 Å². The van der Waals surface area contributed by atoms with Gasteiger partial charge in [-0.25, -0.2) is 8.78 Å². The molecule has 0 aliphatic carbocycles. The van der Waals surface area contributed by atoms with Crippen molar-refractivity contribution in [2.24, 2.45) is 11.8 Å². The molecule has 2 unspecified atom stereocenters. The molecule has 14 heavy (non-hydrogen) atoms. The zero-order chi connectivity index (χ0) is 10.0. The van der Waals surface area contributed by atoms with E-state index in [1.807, 2.05) is 11.8 Å². The zero-order valence-corrected chi connectivity index (χ0v) is 9.09. The van der Waals surface area contributed by atoms with Crippen LogP contribution in [0.2, 0.25) is 0 Å². The van der Waals surface area contributed by atoms with Gasteiger partial charge in [0, 0.05) is 25.4 Å². The van der Waals surface area contributed by atoms with Crippen molar-refractivity contribution in [2.45, 2.75) is 25.2 Å². The summed E-state index contributed by atoms with van der Waals surface area (Å²) in [6.07, 6.45) is 2.13. The third-order valence-corrected chi connectivity index (χ3v) is 4.55. The average molecular weight is 221 g/mol. The maximum Gasteiger partial charge on any atom is 0.253 e. The monoisotopic (exact) mass is 221 g/mol. The predicted molar refractivity (Wildman–Crippen MR) is 56.0 cm³/mol. The van der Waals surface area contributed by atoms with Crippen LogP contribution in [-0.2, 0) is 0 Å². The van der Waals surface area contributed by atoms with E-state index in [4.69, 9.17) is 0 Å². The number of halogens is 2. The Labute approximate surface area is 88.0 Å². The van der Waals surface area contributed by atoms with Crippen molar-refractivity contribution in [1.82, 2.24) is 5.32 Å². The topological polar surface area (TPSA) is 12.0 Å². The highest BCUT2D eigenvalue weighted by molar-refractivity contribution is 7.99. The predicted octanol–water partition coefficient (Wildman–Crippen LogP) is 2.37. The number of piperidine rings is 1. The maximum atomic E-state index is 13.6. The lowest BCUT2D eigenvalue weighted by Gasteiger charge is -2.38. The fourth-order valence-corrected chi connectivity index (χ4v) is 3.68. The molecule has 0 aromatic carbocycles. The van der Waals surface area contributed by atoms with Crippen LogP contribution in [0.3, 0.4) is 0 Å². The second-order valence-electron chi connectivity index (χ2n) is 4.30. The molecular weight excluding hydrogens is 204 g/mol. The van der Waals surface area contributed by atoms with Crippen LogP contribution in [0.25, 0.3) is 0 Å². The van der Waals surface area contributed by atoms with Crippen molar-refractivity contribution in [3.63, 3.8) is 0 Å². The first-order chi connectivity index (χ1) is 6.70. The fourth-order valence-electron chi connectivity index (χ4n) is 2.44. The molecule has 0 bridgehead atoms. The van der Waals surface area contributed by atoms with E-state index >= 15 is 0 Å². The molecule has 0 aromatic rings. The molecule has 2 aliphatic heterocycles. The molecule has 82 valence electrons. The molecule has 0 radical (unpaired) electrons. The summed E-state index contributed by atoms with van der Waals surface area (Å²) in [6, 6.07) is 0. The fraction of sp³-hybridized carbons (Fsp3) is 1.00. The lowest BCUT2D eigenvalue weighted by atomic mass is 9.81. The first kappa shape index (κ1) is 10.7. The summed E-state index contributed by atoms with van der Waals surface area (Å²) in [4.78, 5) is 0. The summed E-state index contributed by atoms with van der Waals surface area (Å²) in [7, 11) is 0. The molecule has 2 heterocycles. The maximum absolute atomic E-state index is 13.6. The van der Waals surface area contributed by atoms with Crippen molar-refractivity contribution >= 4 is 11.8 Å². The third kappa shape index (κ3) is 2.22. The molecule has 2 rings (SSSR count). The summed E-state index contributed by atoms with van der Waals surface area (Å²) in [6.45, 7) is 0.988. The Morgan fingerprint density at radius 3 is 2.86 bits per heavy atom. The minimum atomic E-state index is -2.42. The van der Waals surface area contributed by atoms with E-state index in [9.17, 15) is 8.78 Å². The number of thioether (sulfide) groups is 1. The molecule has 0 amide bonds. The molecule has 2 saturated heterocycles. The van der Waals surface area contributed by atoms with E-state index in [1.165, 1.54) is 0 Å². The van der Waals surface area contributed by atoms with Crippen molar-refractivity contribution in [1.29, 1.82) is 0 Å². The van der Waals surface area contributed by atoms with E-state index in [1.54, 1.807) is 0 Å². The number of alkyl halides is 2. The smallest absolute Gasteiger partial charge is 0.253 e. The van der Waals surface area contributed by atoms with Crippen molar-refractivity contribution in [3.05, 3.63) is 0 Å². The van der Waals surface area contributed by atoms with E-state index in [0.717, 1.165) is 24.3 Å². The Hall–Kier alpha value is 0.170. The number of rotatable bonds is 1. The summed E-state index contributed by atoms with van der Waals surface area (Å²) in [5, 5.41) is 3.10. The molecule has 1 nitrogen and oxygen atoms in total. The van der Waals surface area contributed by atoms with Crippen LogP contribution >= 0.6 is 11.8 Å². The second-order valence-corrected chi connectivity index (χ2v) is 5.45. The first-order valence-corrected chi connectivity index (χ1v) is 6.52. The van der Waals surface area contributed by atoms with Crippen molar-refractivity contribution < 1.29 is 8.78 Å². The molecule has 0 aromatic heterocycles. The van der Waals surface area contributed by atoms with Gasteiger partial charge in [0.1, 0.15) is 0 Å². The van der Waals surface area contributed by atoms with Gasteiger partial charge in [-0.05, 0) is 30.3 Å². The van der Waals surface area contributed by atoms with Crippen molar-refractivity contribution in [3.8, 4) is 0 Å². The minimum Gasteiger partial charge on any atom is -0.316 e. The second kappa shape index (κ2) is 4.35. The van der Waals surface area contributed by atoms with Crippen LogP contribution in [0.15, 0.2) is 0 Å². The van der Waals surface area contributed by atoms with Crippen LogP contribution in [0.4, 0.5) is 8.78 Å². The van der Waals surface area contributed by atoms with E-state index < -0.39 is 11.8 Å². The molecule has 2 aliphatic rings. The van der Waals surface area contributed by atoms with Gasteiger partial charge in [0.25, 0.3) is 5.92 Å². The van der Waals surface area contributed by atoms with Gasteiger partial charge in [0.15, 0.2) is 0 Å². The Balaban J connectivity index is 1.99. The quantitative estimate of drug-likeness (QED) is 0.729. The van der Waals surface area contributed by atoms with Crippen LogP contribution in [0.5, 0.6) is 0 Å². The Morgan fingerprint density at radius 2 is 2.21 bits per heavy atom. The largest absolute Gasteiger partial charge is 0.316 e. The van der Waals surface area contributed by atoms with Gasteiger partial charge in [-0.3, -0.25) is 0 Å². The Morgan fingerprint density at radius 1 is 1.36 bits per heavy atom. The summed E-state index contributed by atoms with van der Waals surface area (Å²) in [5.74, 6) is -0.515. The van der Waals surface area contributed by atoms with Gasteiger partial charge < -0.3 is 5.32 Å². The number of hydrogen-bond donors (Lipinski definition) is 1. The normalized spacial score (nSPS) is 38.1. The van der Waals surface area contributed by atoms with Gasteiger partial charge in [-0.2, -0.15) is 11.8 Å². The van der Waals surface area contributed by atoms with Crippen LogP contribution in [0, 0.1) is 11.8 Å². The highest BCUT2D eigenvalue weighted by atomic mass is 32.2. The van der Waals surface area contributed by atoms with Gasteiger partial charge >= 0.3 is 0 Å². The highest BCUT2D eigenvalue weighted by Crippen LogP contribution is 2.40. The van der Waals surface area contributed by atoms with Gasteiger partial charge in [-0.1, -0.05) is 0 Å². The summed E-state index contributed by atoms with van der Waals surface area (Å²) in [5.41, 5.74) is 0. The minimum absolute atomic E-state index is 0.0266. The van der Waals surface area contributed by atoms with Crippen LogP contribution in [0.1, 0.15) is 19.3 Å². The first-order valence-electron chi connectivity index (χ1n) is 5.36. The van der Waals surface area contributed by atoms with E-state index in [2.05, 4.69) is 5.32 Å². The van der Waals surface area contributed by atoms with Gasteiger partial charge in [0.05, 0.1) is 0 Å². The van der Waals surface area contributed by atoms with Crippen molar-refractivity contribution in [2.75, 3.05) is 24.6 Å². The van der Waals surface area contributed by atoms with Crippen LogP contribution in [-0.4, -0.2) is 30.5 Å². The molecule has 1 N–H and O–H groups in total. The molecule has 0 saturated carbocycles. The lowest BCUT2D eigenvalue weighted by Crippen LogP contribution is -2.49. The molecule has 2 fully saturated rings. The SMILES string of the molecule is FC1(F)CCNCC1C1CCCSC1. The standard InChI is InChI=1S/C10H17F2NS/c11-10(12)3-4-13-6-9(10)8-2-1-5-14-7-8/h8-9,13H,1-7H2. The number of nitrogens with one attached hydrogen (secondary N) is 1. The third-order valence-electron chi connectivity index (χ3n) is 3.31. The van der Waals surface area contributed by atoms with Gasteiger partial charge in [0.2, 0.25) is 0 Å². The number of hydrogen-bond acceptors (Lipinski definition) is 2. The summed E-state index contributed by atoms with van der Waals surface area (Å²) < 4.78 is 27.2. The Bertz CT molecular complexity index is 193. The highest BCUT2D eigenvalue weighted by Gasteiger charge is 2.45. The molecule has 2 atom stereocenters. The average Bonchev–Trinajstić information content (AvgIpc) is 2.18. The molecule has 4 heteroatoms. The Kier molecular flexibility index (Phi) is 3.32. The van der Waals surface area contributed by atoms with E-state index in [-0.39, 0.29) is 12.3 Å². The lowest BCUT2D eigenvalue weighted by molar-refractivity contribution is -0.0969. The summed E-state index contributed by atoms with van der Waals surface area (Å²) >= 11 is 1.84. The zero-order valence-electron chi connectivity index (χ0n) is 8.27. The molecule has 0 spiro atoms. The van der Waals surface area contributed by atoms with E-state index in [0.29, 0.717) is 13.1 Å².